The number of thiazole rings is 2. The summed E-state index contributed by atoms with van der Waals surface area (Å²) in [4.78, 5) is 90.6. The number of rotatable bonds is 12. The molecule has 1 aromatic carbocycles. The highest BCUT2D eigenvalue weighted by Crippen LogP contribution is 2.47. The number of halogens is 4. The molecule has 18 nitrogen and oxygen atoms in total. The number of imide groups is 1. The van der Waals surface area contributed by atoms with Crippen LogP contribution in [-0.4, -0.2) is 96.8 Å². The van der Waals surface area contributed by atoms with Crippen molar-refractivity contribution >= 4 is 108 Å². The van der Waals surface area contributed by atoms with Gasteiger partial charge < -0.3 is 25.1 Å². The molecule has 2 aliphatic rings. The van der Waals surface area contributed by atoms with E-state index in [1.165, 1.54) is 22.0 Å². The zero-order chi connectivity index (χ0) is 41.6. The number of fused-ring (bicyclic) bond motifs is 1. The average molecular weight is 884 g/mol. The van der Waals surface area contributed by atoms with Crippen LogP contribution in [-0.2, 0) is 48.6 Å². The summed E-state index contributed by atoms with van der Waals surface area (Å²) in [5.74, 6) is -6.45. The summed E-state index contributed by atoms with van der Waals surface area (Å²) >= 11 is 7.24. The number of aromatic nitrogens is 2. The Morgan fingerprint density at radius 1 is 0.839 bits per heavy atom. The fourth-order valence-electron chi connectivity index (χ4n) is 5.67. The first kappa shape index (κ1) is 42.2. The molecule has 5 rings (SSSR count). The molecule has 300 valence electrons. The molecule has 2 amide bonds. The van der Waals surface area contributed by atoms with E-state index in [4.69, 9.17) is 16.7 Å². The van der Waals surface area contributed by atoms with Crippen molar-refractivity contribution in [3.63, 3.8) is 0 Å². The normalized spacial score (nSPS) is 17.4. The summed E-state index contributed by atoms with van der Waals surface area (Å²) in [5.41, 5.74) is -3.15. The zero-order valence-corrected chi connectivity index (χ0v) is 32.1. The van der Waals surface area contributed by atoms with Crippen molar-refractivity contribution in [2.24, 2.45) is 0 Å². The summed E-state index contributed by atoms with van der Waals surface area (Å²) in [5, 5.41) is 26.7. The van der Waals surface area contributed by atoms with Gasteiger partial charge in [0.1, 0.15) is 44.2 Å². The van der Waals surface area contributed by atoms with E-state index in [-0.39, 0.29) is 57.7 Å². The maximum Gasteiger partial charge on any atom is 0.417 e. The first-order valence-corrected chi connectivity index (χ1v) is 20.0. The molecule has 0 aliphatic carbocycles. The van der Waals surface area contributed by atoms with E-state index in [2.05, 4.69) is 0 Å². The second kappa shape index (κ2) is 15.9. The Kier molecular flexibility index (Phi) is 12.0. The molecule has 1 fully saturated rings. The monoisotopic (exact) mass is 883 g/mol. The van der Waals surface area contributed by atoms with E-state index in [0.29, 0.717) is 36.7 Å². The van der Waals surface area contributed by atoms with Gasteiger partial charge in [-0.2, -0.15) is 21.6 Å². The lowest BCUT2D eigenvalue weighted by atomic mass is 10.1. The van der Waals surface area contributed by atoms with Crippen LogP contribution in [0, 0.1) is 9.20 Å². The van der Waals surface area contributed by atoms with Crippen LogP contribution in [0.25, 0.3) is 11.0 Å². The maximum absolute atomic E-state index is 13.9. The Bertz CT molecular complexity index is 2710. The van der Waals surface area contributed by atoms with Crippen molar-refractivity contribution in [1.29, 1.82) is 0 Å². The van der Waals surface area contributed by atoms with Crippen LogP contribution >= 0.6 is 46.0 Å². The number of amides is 2. The van der Waals surface area contributed by atoms with Crippen molar-refractivity contribution in [2.45, 2.75) is 32.6 Å². The number of allylic oxidation sites excluding steroid dienone is 1. The third-order valence-corrected chi connectivity index (χ3v) is 12.6. The van der Waals surface area contributed by atoms with Crippen molar-refractivity contribution < 1.29 is 65.4 Å². The van der Waals surface area contributed by atoms with Crippen molar-refractivity contribution in [2.75, 3.05) is 35.2 Å². The SMILES string of the molecule is CCN1/C(=C/C=c2\s/c(=c3/s/c(=C4/SC(=O)N(CC(=O)O)C4=O)n(CC(=O)O)c3=O)n(CC(=O)O)c2=O)N(CCCS(=O)(=O)O)c2cc(C(F)(F)F)c(Cl)cc21. The molecule has 4 heterocycles. The Balaban J connectivity index is 1.79. The maximum atomic E-state index is 13.9. The van der Waals surface area contributed by atoms with E-state index < -0.39 is 107 Å². The smallest absolute Gasteiger partial charge is 0.417 e. The van der Waals surface area contributed by atoms with Crippen LogP contribution in [0.5, 0.6) is 0 Å². The molecule has 1 saturated heterocycles. The molecule has 0 bridgehead atoms. The molecular formula is C30H25ClF3N5O13S4. The van der Waals surface area contributed by atoms with Crippen LogP contribution in [0.15, 0.2) is 33.6 Å². The number of carboxylic acid groups (broad SMARTS) is 3. The first-order chi connectivity index (χ1) is 26.0. The number of carbonyl (C=O) groups is 5. The summed E-state index contributed by atoms with van der Waals surface area (Å²) in [6.45, 7) is -1.65. The van der Waals surface area contributed by atoms with Gasteiger partial charge in [0, 0.05) is 13.1 Å². The van der Waals surface area contributed by atoms with Gasteiger partial charge in [-0.3, -0.25) is 52.1 Å². The van der Waals surface area contributed by atoms with Crippen LogP contribution in [0.1, 0.15) is 18.9 Å². The number of nitrogens with zero attached hydrogens (tertiary/aromatic N) is 5. The number of carbonyl (C=O) groups excluding carboxylic acids is 2. The Hall–Kier alpha value is -4.95. The highest BCUT2D eigenvalue weighted by molar-refractivity contribution is 8.23. The van der Waals surface area contributed by atoms with Gasteiger partial charge in [0.15, 0.2) is 0 Å². The largest absolute Gasteiger partial charge is 0.480 e. The quantitative estimate of drug-likeness (QED) is 0.188. The minimum atomic E-state index is -4.88. The molecule has 0 unspecified atom stereocenters. The van der Waals surface area contributed by atoms with Gasteiger partial charge in [0.05, 0.1) is 32.2 Å². The van der Waals surface area contributed by atoms with E-state index in [9.17, 15) is 69.9 Å². The molecule has 0 spiro atoms. The summed E-state index contributed by atoms with van der Waals surface area (Å²) < 4.78 is 73.8. The third kappa shape index (κ3) is 8.56. The van der Waals surface area contributed by atoms with Crippen LogP contribution in [0.2, 0.25) is 5.02 Å². The minimum absolute atomic E-state index is 0.0453. The number of aliphatic carboxylic acids is 3. The van der Waals surface area contributed by atoms with Gasteiger partial charge in [-0.25, -0.2) is 0 Å². The lowest BCUT2D eigenvalue weighted by Crippen LogP contribution is -2.35. The lowest BCUT2D eigenvalue weighted by molar-refractivity contribution is -0.140. The second-order valence-corrected chi connectivity index (χ2v) is 16.6. The van der Waals surface area contributed by atoms with Gasteiger partial charge in [-0.05, 0) is 49.4 Å². The van der Waals surface area contributed by atoms with Crippen LogP contribution < -0.4 is 30.1 Å². The number of anilines is 2. The molecule has 56 heavy (non-hydrogen) atoms. The molecule has 2 aromatic heterocycles. The molecular weight excluding hydrogens is 859 g/mol. The molecule has 26 heteroatoms. The second-order valence-electron chi connectivity index (χ2n) is 11.6. The van der Waals surface area contributed by atoms with Crippen molar-refractivity contribution in [3.8, 4) is 0 Å². The number of hydrogen-bond donors (Lipinski definition) is 4. The number of hydrogen-bond acceptors (Lipinski definition) is 14. The van der Waals surface area contributed by atoms with Crippen molar-refractivity contribution in [1.82, 2.24) is 14.0 Å². The fraction of sp³-hybridized carbons (Fsp3) is 0.300. The highest BCUT2D eigenvalue weighted by Gasteiger charge is 2.40. The van der Waals surface area contributed by atoms with E-state index in [0.717, 1.165) is 12.1 Å². The molecule has 3 aromatic rings. The molecule has 0 saturated carbocycles. The Morgan fingerprint density at radius 3 is 1.98 bits per heavy atom. The van der Waals surface area contributed by atoms with Gasteiger partial charge >= 0.3 is 24.1 Å². The predicted molar refractivity (Wildman–Crippen MR) is 195 cm³/mol. The lowest BCUT2D eigenvalue weighted by Gasteiger charge is -2.24. The molecule has 0 atom stereocenters. The van der Waals surface area contributed by atoms with Gasteiger partial charge in [-0.1, -0.05) is 11.6 Å². The number of alkyl halides is 3. The standard InChI is InChI=1S/C30H25ClF3N5O13S4/c1-2-35-16-9-14(31)13(30(32,33)34)8-15(16)36(6-3-7-56(50,51)52)18(35)5-4-17-24(46)37(10-19(40)41)27(53-17)22-25(47)38(11-20(42)43)28(54-22)23-26(48)39(12-21(44)45)29(49)55-23/h4-5,8-9H,2-3,6-7,10-12H2,1H3,(H,40,41)(H,42,43)(H,44,45)(H,50,51,52)/b17-4-,18-5-,27-22+,28-23+. The average Bonchev–Trinajstić information content (AvgIpc) is 3.74. The van der Waals surface area contributed by atoms with Crippen LogP contribution in [0.3, 0.4) is 0 Å². The summed E-state index contributed by atoms with van der Waals surface area (Å²) in [7, 11) is -4.48. The molecule has 0 radical (unpaired) electrons. The van der Waals surface area contributed by atoms with Gasteiger partial charge in [-0.15, -0.1) is 22.7 Å². The van der Waals surface area contributed by atoms with Gasteiger partial charge in [0.2, 0.25) is 0 Å². The third-order valence-electron chi connectivity index (χ3n) is 7.90. The Morgan fingerprint density at radius 2 is 1.43 bits per heavy atom. The van der Waals surface area contributed by atoms with Crippen LogP contribution in [0.4, 0.5) is 29.3 Å². The molecule has 2 aliphatic heterocycles. The zero-order valence-electron chi connectivity index (χ0n) is 28.1. The van der Waals surface area contributed by atoms with Crippen molar-refractivity contribution in [3.05, 3.63) is 73.7 Å². The number of thioether (sulfide) groups is 1. The fourth-order valence-corrected chi connectivity index (χ4v) is 9.76. The topological polar surface area (TPSA) is 254 Å². The van der Waals surface area contributed by atoms with E-state index >= 15 is 0 Å². The van der Waals surface area contributed by atoms with Gasteiger partial charge in [0.25, 0.3) is 32.4 Å². The van der Waals surface area contributed by atoms with E-state index in [1.807, 2.05) is 0 Å². The van der Waals surface area contributed by atoms with E-state index in [1.54, 1.807) is 6.92 Å². The number of benzene rings is 1. The summed E-state index contributed by atoms with van der Waals surface area (Å²) in [6.07, 6.45) is -2.72. The summed E-state index contributed by atoms with van der Waals surface area (Å²) in [6, 6.07) is 1.81. The number of carboxylic acids is 3. The predicted octanol–water partition coefficient (Wildman–Crippen LogP) is 1.40. The highest BCUT2D eigenvalue weighted by atomic mass is 35.5. The minimum Gasteiger partial charge on any atom is -0.480 e. The first-order valence-electron chi connectivity index (χ1n) is 15.5. The Labute approximate surface area is 327 Å². The molecule has 4 N–H and O–H groups in total.